The molecule has 0 aromatic heterocycles. The molecule has 1 fully saturated rings. The first-order valence-electron chi connectivity index (χ1n) is 5.84. The molecule has 1 N–H and O–H groups in total. The molecule has 2 rings (SSSR count). The highest BCUT2D eigenvalue weighted by Gasteiger charge is 2.45. The lowest BCUT2D eigenvalue weighted by Crippen LogP contribution is -2.52. The molecule has 2 atom stereocenters. The molecule has 1 aromatic carbocycles. The zero-order valence-corrected chi connectivity index (χ0v) is 9.73. The molecular weight excluding hydrogens is 219 g/mol. The van der Waals surface area contributed by atoms with E-state index in [-0.39, 0.29) is 18.5 Å². The number of hydrogen-bond donors (Lipinski definition) is 1. The molecule has 1 aliphatic rings. The quantitative estimate of drug-likeness (QED) is 0.796. The normalized spacial score (nSPS) is 27.5. The molecular formula is C14H17FO2. The van der Waals surface area contributed by atoms with Crippen LogP contribution >= 0.6 is 0 Å². The fraction of sp³-hybridized carbons (Fsp3) is 0.429. The highest BCUT2D eigenvalue weighted by Crippen LogP contribution is 2.38. The third-order valence-electron chi connectivity index (χ3n) is 3.33. The Bertz CT molecular complexity index is 405. The van der Waals surface area contributed by atoms with Gasteiger partial charge >= 0.3 is 0 Å². The predicted octanol–water partition coefficient (Wildman–Crippen LogP) is 2.81. The van der Waals surface area contributed by atoms with Crippen molar-refractivity contribution in [1.29, 1.82) is 0 Å². The van der Waals surface area contributed by atoms with Crippen molar-refractivity contribution in [2.24, 2.45) is 0 Å². The van der Waals surface area contributed by atoms with Gasteiger partial charge in [0, 0.05) is 5.56 Å². The number of hydrogen-bond acceptors (Lipinski definition) is 2. The lowest BCUT2D eigenvalue weighted by Gasteiger charge is -2.44. The Kier molecular flexibility index (Phi) is 3.60. The molecule has 0 radical (unpaired) electrons. The summed E-state index contributed by atoms with van der Waals surface area (Å²) in [5.74, 6) is -0.265. The Balaban J connectivity index is 1.91. The smallest absolute Gasteiger partial charge is 0.128 e. The van der Waals surface area contributed by atoms with Crippen molar-refractivity contribution in [3.63, 3.8) is 0 Å². The van der Waals surface area contributed by atoms with Gasteiger partial charge in [-0.3, -0.25) is 0 Å². The van der Waals surface area contributed by atoms with Crippen molar-refractivity contribution >= 4 is 0 Å². The summed E-state index contributed by atoms with van der Waals surface area (Å²) in [5.41, 5.74) is -0.270. The topological polar surface area (TPSA) is 29.5 Å². The number of rotatable bonds is 5. The molecule has 0 aliphatic heterocycles. The summed E-state index contributed by atoms with van der Waals surface area (Å²) < 4.78 is 18.9. The van der Waals surface area contributed by atoms with E-state index in [2.05, 4.69) is 6.58 Å². The fourth-order valence-corrected chi connectivity index (χ4v) is 2.12. The minimum atomic E-state index is -0.799. The largest absolute Gasteiger partial charge is 0.387 e. The van der Waals surface area contributed by atoms with E-state index >= 15 is 0 Å². The maximum Gasteiger partial charge on any atom is 0.128 e. The molecule has 1 aliphatic carbocycles. The molecule has 1 saturated carbocycles. The van der Waals surface area contributed by atoms with Crippen LogP contribution in [0.3, 0.4) is 0 Å². The highest BCUT2D eigenvalue weighted by molar-refractivity contribution is 5.16. The standard InChI is InChI=1S/C14H17FO2/c1-2-8-14(16)9-7-13(14)17-10-11-5-3-4-6-12(11)15/h2-6,13,16H,1,7-10H2. The van der Waals surface area contributed by atoms with Gasteiger partial charge in [0.05, 0.1) is 18.3 Å². The molecule has 3 heteroatoms. The van der Waals surface area contributed by atoms with E-state index in [1.165, 1.54) is 6.07 Å². The number of benzene rings is 1. The van der Waals surface area contributed by atoms with Crippen LogP contribution in [0.1, 0.15) is 24.8 Å². The second-order valence-corrected chi connectivity index (χ2v) is 4.53. The summed E-state index contributed by atoms with van der Waals surface area (Å²) in [6.45, 7) is 3.82. The highest BCUT2D eigenvalue weighted by atomic mass is 19.1. The first-order chi connectivity index (χ1) is 8.15. The molecule has 2 nitrogen and oxygen atoms in total. The summed E-state index contributed by atoms with van der Waals surface area (Å²) in [6, 6.07) is 6.53. The van der Waals surface area contributed by atoms with Crippen LogP contribution in [0.15, 0.2) is 36.9 Å². The van der Waals surface area contributed by atoms with Gasteiger partial charge in [-0.15, -0.1) is 6.58 Å². The van der Waals surface area contributed by atoms with Gasteiger partial charge in [0.15, 0.2) is 0 Å². The Morgan fingerprint density at radius 2 is 2.29 bits per heavy atom. The monoisotopic (exact) mass is 236 g/mol. The van der Waals surface area contributed by atoms with Crippen LogP contribution in [-0.2, 0) is 11.3 Å². The maximum absolute atomic E-state index is 13.3. The van der Waals surface area contributed by atoms with Crippen LogP contribution in [0, 0.1) is 5.82 Å². The van der Waals surface area contributed by atoms with Crippen LogP contribution in [-0.4, -0.2) is 16.8 Å². The van der Waals surface area contributed by atoms with Crippen LogP contribution in [0.2, 0.25) is 0 Å². The molecule has 0 saturated heterocycles. The lowest BCUT2D eigenvalue weighted by atomic mass is 9.74. The Morgan fingerprint density at radius 3 is 2.88 bits per heavy atom. The van der Waals surface area contributed by atoms with Crippen molar-refractivity contribution in [2.75, 3.05) is 0 Å². The van der Waals surface area contributed by atoms with Gasteiger partial charge in [0.1, 0.15) is 5.82 Å². The van der Waals surface area contributed by atoms with Gasteiger partial charge in [-0.2, -0.15) is 0 Å². The zero-order chi connectivity index (χ0) is 12.3. The Labute approximate surface area is 101 Å². The van der Waals surface area contributed by atoms with Crippen molar-refractivity contribution in [3.05, 3.63) is 48.3 Å². The average molecular weight is 236 g/mol. The number of ether oxygens (including phenoxy) is 1. The van der Waals surface area contributed by atoms with Crippen molar-refractivity contribution in [3.8, 4) is 0 Å². The van der Waals surface area contributed by atoms with Crippen LogP contribution < -0.4 is 0 Å². The second-order valence-electron chi connectivity index (χ2n) is 4.53. The van der Waals surface area contributed by atoms with E-state index < -0.39 is 5.60 Å². The minimum Gasteiger partial charge on any atom is -0.387 e. The van der Waals surface area contributed by atoms with E-state index in [9.17, 15) is 9.50 Å². The first kappa shape index (κ1) is 12.3. The van der Waals surface area contributed by atoms with Gasteiger partial charge in [0.2, 0.25) is 0 Å². The first-order valence-corrected chi connectivity index (χ1v) is 5.84. The van der Waals surface area contributed by atoms with E-state index in [4.69, 9.17) is 4.74 Å². The molecule has 0 spiro atoms. The van der Waals surface area contributed by atoms with E-state index in [0.29, 0.717) is 12.0 Å². The van der Waals surface area contributed by atoms with Crippen LogP contribution in [0.5, 0.6) is 0 Å². The number of halogens is 1. The van der Waals surface area contributed by atoms with Gasteiger partial charge < -0.3 is 9.84 Å². The van der Waals surface area contributed by atoms with Gasteiger partial charge in [-0.25, -0.2) is 4.39 Å². The van der Waals surface area contributed by atoms with Gasteiger partial charge in [0.25, 0.3) is 0 Å². The molecule has 17 heavy (non-hydrogen) atoms. The third-order valence-corrected chi connectivity index (χ3v) is 3.33. The fourth-order valence-electron chi connectivity index (χ4n) is 2.12. The second kappa shape index (κ2) is 4.98. The molecule has 0 heterocycles. The SMILES string of the molecule is C=CCC1(O)CCC1OCc1ccccc1F. The third kappa shape index (κ3) is 2.56. The Hall–Kier alpha value is -1.19. The van der Waals surface area contributed by atoms with Gasteiger partial charge in [-0.05, 0) is 25.3 Å². The molecule has 1 aromatic rings. The summed E-state index contributed by atoms with van der Waals surface area (Å²) >= 11 is 0. The minimum absolute atomic E-state index is 0.205. The summed E-state index contributed by atoms with van der Waals surface area (Å²) in [5, 5.41) is 10.1. The van der Waals surface area contributed by atoms with Gasteiger partial charge in [-0.1, -0.05) is 24.3 Å². The van der Waals surface area contributed by atoms with Crippen molar-refractivity contribution < 1.29 is 14.2 Å². The van der Waals surface area contributed by atoms with Crippen molar-refractivity contribution in [1.82, 2.24) is 0 Å². The molecule has 0 bridgehead atoms. The van der Waals surface area contributed by atoms with Crippen LogP contribution in [0.4, 0.5) is 4.39 Å². The maximum atomic E-state index is 13.3. The summed E-state index contributed by atoms with van der Waals surface area (Å²) in [7, 11) is 0. The van der Waals surface area contributed by atoms with E-state index in [0.717, 1.165) is 12.8 Å². The molecule has 2 unspecified atom stereocenters. The molecule has 92 valence electrons. The summed E-state index contributed by atoms with van der Waals surface area (Å²) in [6.07, 6.45) is 3.55. The number of aliphatic hydroxyl groups is 1. The zero-order valence-electron chi connectivity index (χ0n) is 9.73. The lowest BCUT2D eigenvalue weighted by molar-refractivity contribution is -0.175. The van der Waals surface area contributed by atoms with E-state index in [1.54, 1.807) is 24.3 Å². The predicted molar refractivity (Wildman–Crippen MR) is 64.0 cm³/mol. The van der Waals surface area contributed by atoms with Crippen LogP contribution in [0.25, 0.3) is 0 Å². The molecule has 0 amide bonds. The van der Waals surface area contributed by atoms with E-state index in [1.807, 2.05) is 0 Å². The summed E-state index contributed by atoms with van der Waals surface area (Å²) in [4.78, 5) is 0. The van der Waals surface area contributed by atoms with Crippen molar-refractivity contribution in [2.45, 2.75) is 37.6 Å². The average Bonchev–Trinajstić information content (AvgIpc) is 2.31. The Morgan fingerprint density at radius 1 is 1.53 bits per heavy atom.